The normalized spacial score (nSPS) is 24.0. The molecule has 1 aliphatic heterocycles. The Hall–Kier alpha value is -0.120. The molecule has 1 unspecified atom stereocenters. The van der Waals surface area contributed by atoms with E-state index < -0.39 is 0 Å². The van der Waals surface area contributed by atoms with Crippen LogP contribution in [-0.4, -0.2) is 50.0 Å². The molecule has 1 heterocycles. The van der Waals surface area contributed by atoms with E-state index in [0.717, 1.165) is 25.5 Å². The third-order valence-corrected chi connectivity index (χ3v) is 2.97. The largest absolute Gasteiger partial charge is 0.396 e. The number of rotatable bonds is 6. The molecule has 0 aromatic rings. The topological polar surface area (TPSA) is 32.7 Å². The summed E-state index contributed by atoms with van der Waals surface area (Å²) in [5.41, 5.74) is 0. The quantitative estimate of drug-likeness (QED) is 0.699. The van der Waals surface area contributed by atoms with Crippen molar-refractivity contribution in [2.24, 2.45) is 5.92 Å². The highest BCUT2D eigenvalue weighted by Crippen LogP contribution is 2.19. The molecular weight excluding hydrogens is 178 g/mol. The summed E-state index contributed by atoms with van der Waals surface area (Å²) >= 11 is 0. The van der Waals surface area contributed by atoms with E-state index in [1.54, 1.807) is 7.11 Å². The molecule has 1 N–H and O–H groups in total. The molecule has 1 rings (SSSR count). The van der Waals surface area contributed by atoms with E-state index in [1.807, 2.05) is 0 Å². The number of methoxy groups -OCH3 is 1. The van der Waals surface area contributed by atoms with E-state index in [-0.39, 0.29) is 0 Å². The second kappa shape index (κ2) is 7.21. The number of likely N-dealkylation sites (tertiary alicyclic amines) is 1. The van der Waals surface area contributed by atoms with E-state index >= 15 is 0 Å². The van der Waals surface area contributed by atoms with E-state index in [4.69, 9.17) is 9.84 Å². The van der Waals surface area contributed by atoms with Crippen LogP contribution >= 0.6 is 0 Å². The summed E-state index contributed by atoms with van der Waals surface area (Å²) in [6.07, 6.45) is 4.75. The van der Waals surface area contributed by atoms with Crippen molar-refractivity contribution in [1.82, 2.24) is 4.90 Å². The van der Waals surface area contributed by atoms with Gasteiger partial charge in [0.1, 0.15) is 0 Å². The first-order valence-electron chi connectivity index (χ1n) is 5.69. The van der Waals surface area contributed by atoms with Gasteiger partial charge in [0, 0.05) is 33.4 Å². The summed E-state index contributed by atoms with van der Waals surface area (Å²) < 4.78 is 5.10. The Bertz CT molecular complexity index is 127. The summed E-state index contributed by atoms with van der Waals surface area (Å²) in [5.74, 6) is 0.808. The molecule has 1 fully saturated rings. The molecule has 0 aromatic carbocycles. The Morgan fingerprint density at radius 1 is 1.50 bits per heavy atom. The lowest BCUT2D eigenvalue weighted by molar-refractivity contribution is 0.121. The maximum absolute atomic E-state index is 8.76. The summed E-state index contributed by atoms with van der Waals surface area (Å²) in [6.45, 7) is 4.67. The van der Waals surface area contributed by atoms with Crippen molar-refractivity contribution in [3.8, 4) is 0 Å². The van der Waals surface area contributed by atoms with E-state index in [2.05, 4.69) is 4.90 Å². The van der Waals surface area contributed by atoms with Crippen LogP contribution in [0.5, 0.6) is 0 Å². The van der Waals surface area contributed by atoms with Crippen LogP contribution in [0.15, 0.2) is 0 Å². The van der Waals surface area contributed by atoms with Crippen LogP contribution in [0, 0.1) is 5.92 Å². The monoisotopic (exact) mass is 201 g/mol. The predicted molar refractivity (Wildman–Crippen MR) is 57.4 cm³/mol. The van der Waals surface area contributed by atoms with Crippen molar-refractivity contribution in [3.05, 3.63) is 0 Å². The van der Waals surface area contributed by atoms with E-state index in [9.17, 15) is 0 Å². The third kappa shape index (κ3) is 4.40. The zero-order valence-corrected chi connectivity index (χ0v) is 9.24. The van der Waals surface area contributed by atoms with Gasteiger partial charge in [-0.15, -0.1) is 0 Å². The Balaban J connectivity index is 2.14. The SMILES string of the molecule is COCCC1CCCN(CCCO)C1. The minimum absolute atomic E-state index is 0.319. The second-order valence-electron chi connectivity index (χ2n) is 4.17. The predicted octanol–water partition coefficient (Wildman–Crippen LogP) is 1.12. The van der Waals surface area contributed by atoms with Crippen LogP contribution < -0.4 is 0 Å². The molecule has 14 heavy (non-hydrogen) atoms. The number of nitrogens with zero attached hydrogens (tertiary/aromatic N) is 1. The number of aliphatic hydroxyl groups is 1. The first-order valence-corrected chi connectivity index (χ1v) is 5.69. The van der Waals surface area contributed by atoms with Gasteiger partial charge in [-0.05, 0) is 38.1 Å². The molecule has 0 saturated carbocycles. The lowest BCUT2D eigenvalue weighted by Crippen LogP contribution is -2.36. The Labute approximate surface area is 87.1 Å². The molecule has 0 radical (unpaired) electrons. The van der Waals surface area contributed by atoms with Crippen LogP contribution in [-0.2, 0) is 4.74 Å². The molecule has 0 amide bonds. The smallest absolute Gasteiger partial charge is 0.0465 e. The van der Waals surface area contributed by atoms with Crippen molar-refractivity contribution in [2.75, 3.05) is 40.0 Å². The summed E-state index contributed by atoms with van der Waals surface area (Å²) in [4.78, 5) is 2.47. The second-order valence-corrected chi connectivity index (χ2v) is 4.17. The minimum Gasteiger partial charge on any atom is -0.396 e. The van der Waals surface area contributed by atoms with Crippen molar-refractivity contribution >= 4 is 0 Å². The van der Waals surface area contributed by atoms with E-state index in [0.29, 0.717) is 6.61 Å². The number of aliphatic hydroxyl groups excluding tert-OH is 1. The van der Waals surface area contributed by atoms with Gasteiger partial charge in [0.25, 0.3) is 0 Å². The molecule has 0 bridgehead atoms. The molecule has 0 aromatic heterocycles. The van der Waals surface area contributed by atoms with Gasteiger partial charge >= 0.3 is 0 Å². The third-order valence-electron chi connectivity index (χ3n) is 2.97. The minimum atomic E-state index is 0.319. The molecule has 0 spiro atoms. The van der Waals surface area contributed by atoms with Gasteiger partial charge in [-0.2, -0.15) is 0 Å². The average Bonchev–Trinajstić information content (AvgIpc) is 2.24. The Morgan fingerprint density at radius 3 is 3.07 bits per heavy atom. The fourth-order valence-electron chi connectivity index (χ4n) is 2.17. The fourth-order valence-corrected chi connectivity index (χ4v) is 2.17. The van der Waals surface area contributed by atoms with Gasteiger partial charge in [-0.1, -0.05) is 0 Å². The van der Waals surface area contributed by atoms with Crippen LogP contribution in [0.2, 0.25) is 0 Å². The number of hydrogen-bond acceptors (Lipinski definition) is 3. The van der Waals surface area contributed by atoms with Crippen LogP contribution in [0.1, 0.15) is 25.7 Å². The first-order chi connectivity index (χ1) is 6.86. The van der Waals surface area contributed by atoms with E-state index in [1.165, 1.54) is 32.4 Å². The number of piperidine rings is 1. The van der Waals surface area contributed by atoms with Crippen LogP contribution in [0.4, 0.5) is 0 Å². The molecule has 0 aliphatic carbocycles. The van der Waals surface area contributed by atoms with Crippen LogP contribution in [0.25, 0.3) is 0 Å². The summed E-state index contributed by atoms with van der Waals surface area (Å²) in [7, 11) is 1.77. The highest BCUT2D eigenvalue weighted by molar-refractivity contribution is 4.72. The maximum atomic E-state index is 8.76. The zero-order valence-electron chi connectivity index (χ0n) is 9.24. The highest BCUT2D eigenvalue weighted by Gasteiger charge is 2.18. The maximum Gasteiger partial charge on any atom is 0.0465 e. The van der Waals surface area contributed by atoms with Gasteiger partial charge in [-0.25, -0.2) is 0 Å². The van der Waals surface area contributed by atoms with Gasteiger partial charge in [0.15, 0.2) is 0 Å². The number of ether oxygens (including phenoxy) is 1. The van der Waals surface area contributed by atoms with Gasteiger partial charge in [0.05, 0.1) is 0 Å². The first kappa shape index (κ1) is 12.0. The Morgan fingerprint density at radius 2 is 2.36 bits per heavy atom. The van der Waals surface area contributed by atoms with Crippen molar-refractivity contribution < 1.29 is 9.84 Å². The standard InChI is InChI=1S/C11H23NO2/c1-14-9-5-11-4-2-6-12(10-11)7-3-8-13/h11,13H,2-10H2,1H3. The lowest BCUT2D eigenvalue weighted by atomic mass is 9.95. The highest BCUT2D eigenvalue weighted by atomic mass is 16.5. The van der Waals surface area contributed by atoms with Gasteiger partial charge in [0.2, 0.25) is 0 Å². The number of hydrogen-bond donors (Lipinski definition) is 1. The van der Waals surface area contributed by atoms with Gasteiger partial charge in [-0.3, -0.25) is 0 Å². The molecule has 3 nitrogen and oxygen atoms in total. The van der Waals surface area contributed by atoms with Crippen molar-refractivity contribution in [1.29, 1.82) is 0 Å². The molecule has 1 atom stereocenters. The van der Waals surface area contributed by atoms with Gasteiger partial charge < -0.3 is 14.7 Å². The summed E-state index contributed by atoms with van der Waals surface area (Å²) in [5, 5.41) is 8.76. The van der Waals surface area contributed by atoms with Crippen molar-refractivity contribution in [2.45, 2.75) is 25.7 Å². The van der Waals surface area contributed by atoms with Crippen molar-refractivity contribution in [3.63, 3.8) is 0 Å². The molecule has 1 saturated heterocycles. The summed E-state index contributed by atoms with van der Waals surface area (Å²) in [6, 6.07) is 0. The molecule has 84 valence electrons. The lowest BCUT2D eigenvalue weighted by Gasteiger charge is -2.32. The average molecular weight is 201 g/mol. The molecule has 1 aliphatic rings. The van der Waals surface area contributed by atoms with Crippen LogP contribution in [0.3, 0.4) is 0 Å². The molecular formula is C11H23NO2. The fraction of sp³-hybridized carbons (Fsp3) is 1.00. The molecule has 3 heteroatoms. The Kier molecular flexibility index (Phi) is 6.15. The zero-order chi connectivity index (χ0) is 10.2.